The van der Waals surface area contributed by atoms with Crippen LogP contribution in [-0.2, 0) is 24.2 Å². The Labute approximate surface area is 165 Å². The second kappa shape index (κ2) is 7.82. The molecule has 4 rings (SSSR count). The SMILES string of the molecule is CSc1ncccc1C(=O)OCc1nc(N)c2c3c(sc2n1)CCCCC3. The average Bonchev–Trinajstić information content (AvgIpc) is 2.88. The van der Waals surface area contributed by atoms with Crippen molar-refractivity contribution in [1.29, 1.82) is 0 Å². The zero-order valence-corrected chi connectivity index (χ0v) is 16.7. The van der Waals surface area contributed by atoms with Gasteiger partial charge in [0.05, 0.1) is 10.9 Å². The smallest absolute Gasteiger partial charge is 0.341 e. The Morgan fingerprint density at radius 3 is 3.00 bits per heavy atom. The Kier molecular flexibility index (Phi) is 5.27. The largest absolute Gasteiger partial charge is 0.454 e. The maximum atomic E-state index is 12.4. The van der Waals surface area contributed by atoms with Crippen LogP contribution >= 0.6 is 23.1 Å². The minimum absolute atomic E-state index is 0.00967. The lowest BCUT2D eigenvalue weighted by molar-refractivity contribution is 0.0457. The first-order valence-electron chi connectivity index (χ1n) is 8.90. The van der Waals surface area contributed by atoms with Gasteiger partial charge in [-0.25, -0.2) is 19.7 Å². The number of thiophene rings is 1. The van der Waals surface area contributed by atoms with E-state index in [0.29, 0.717) is 22.2 Å². The third kappa shape index (κ3) is 3.64. The van der Waals surface area contributed by atoms with Crippen LogP contribution in [0.5, 0.6) is 0 Å². The number of esters is 1. The molecule has 0 unspecified atom stereocenters. The molecule has 6 nitrogen and oxygen atoms in total. The molecule has 0 saturated heterocycles. The number of hydrogen-bond donors (Lipinski definition) is 1. The number of aromatic nitrogens is 3. The maximum absolute atomic E-state index is 12.4. The van der Waals surface area contributed by atoms with E-state index in [1.165, 1.54) is 41.5 Å². The molecule has 0 fully saturated rings. The summed E-state index contributed by atoms with van der Waals surface area (Å²) in [5.41, 5.74) is 8.00. The molecule has 27 heavy (non-hydrogen) atoms. The highest BCUT2D eigenvalue weighted by atomic mass is 32.2. The van der Waals surface area contributed by atoms with Gasteiger partial charge >= 0.3 is 5.97 Å². The van der Waals surface area contributed by atoms with Crippen LogP contribution in [-0.4, -0.2) is 27.2 Å². The molecule has 3 heterocycles. The molecule has 140 valence electrons. The van der Waals surface area contributed by atoms with Crippen molar-refractivity contribution >= 4 is 45.1 Å². The number of nitrogens with two attached hydrogens (primary N) is 1. The highest BCUT2D eigenvalue weighted by Gasteiger charge is 2.20. The number of ether oxygens (including phenoxy) is 1. The van der Waals surface area contributed by atoms with Crippen LogP contribution < -0.4 is 5.73 Å². The third-order valence-electron chi connectivity index (χ3n) is 4.66. The average molecular weight is 401 g/mol. The van der Waals surface area contributed by atoms with Crippen molar-refractivity contribution in [2.75, 3.05) is 12.0 Å². The Morgan fingerprint density at radius 2 is 2.15 bits per heavy atom. The fraction of sp³-hybridized carbons (Fsp3) is 0.368. The molecule has 3 aromatic heterocycles. The molecular weight excluding hydrogens is 380 g/mol. The van der Waals surface area contributed by atoms with Gasteiger partial charge in [-0.15, -0.1) is 23.1 Å². The van der Waals surface area contributed by atoms with E-state index in [0.717, 1.165) is 23.1 Å². The molecule has 0 amide bonds. The molecule has 0 atom stereocenters. The number of thioether (sulfide) groups is 1. The molecular formula is C19H20N4O2S2. The van der Waals surface area contributed by atoms with E-state index in [1.54, 1.807) is 29.7 Å². The molecule has 0 bridgehead atoms. The fourth-order valence-corrected chi connectivity index (χ4v) is 5.22. The number of carbonyl (C=O) groups is 1. The summed E-state index contributed by atoms with van der Waals surface area (Å²) >= 11 is 3.10. The van der Waals surface area contributed by atoms with Gasteiger partial charge in [0, 0.05) is 11.1 Å². The summed E-state index contributed by atoms with van der Waals surface area (Å²) in [5, 5.41) is 1.63. The van der Waals surface area contributed by atoms with Gasteiger partial charge in [0.2, 0.25) is 0 Å². The molecule has 0 saturated carbocycles. The number of carbonyl (C=O) groups excluding carboxylic acids is 1. The minimum atomic E-state index is -0.434. The topological polar surface area (TPSA) is 91.0 Å². The van der Waals surface area contributed by atoms with Crippen LogP contribution in [0.3, 0.4) is 0 Å². The molecule has 0 radical (unpaired) electrons. The van der Waals surface area contributed by atoms with E-state index in [4.69, 9.17) is 10.5 Å². The van der Waals surface area contributed by atoms with Crippen LogP contribution in [0, 0.1) is 0 Å². The first-order chi connectivity index (χ1) is 13.2. The Bertz CT molecular complexity index is 1000. The number of aryl methyl sites for hydroxylation is 2. The van der Waals surface area contributed by atoms with Crippen molar-refractivity contribution in [2.45, 2.75) is 43.7 Å². The Balaban J connectivity index is 1.57. The van der Waals surface area contributed by atoms with Gasteiger partial charge in [-0.05, 0) is 49.6 Å². The number of anilines is 1. The summed E-state index contributed by atoms with van der Waals surface area (Å²) in [7, 11) is 0. The maximum Gasteiger partial charge on any atom is 0.341 e. The molecule has 8 heteroatoms. The normalized spacial score (nSPS) is 14.0. The van der Waals surface area contributed by atoms with Gasteiger partial charge in [-0.2, -0.15) is 0 Å². The summed E-state index contributed by atoms with van der Waals surface area (Å²) in [6.45, 7) is -0.00967. The Hall–Kier alpha value is -2.19. The van der Waals surface area contributed by atoms with Crippen molar-refractivity contribution in [2.24, 2.45) is 0 Å². The van der Waals surface area contributed by atoms with E-state index < -0.39 is 5.97 Å². The number of nitrogen functional groups attached to an aromatic ring is 1. The molecule has 3 aromatic rings. The van der Waals surface area contributed by atoms with Crippen LogP contribution in [0.15, 0.2) is 23.4 Å². The van der Waals surface area contributed by atoms with Gasteiger partial charge in [-0.1, -0.05) is 6.42 Å². The van der Waals surface area contributed by atoms with Crippen LogP contribution in [0.1, 0.15) is 45.9 Å². The highest BCUT2D eigenvalue weighted by molar-refractivity contribution is 7.98. The zero-order valence-electron chi connectivity index (χ0n) is 15.0. The van der Waals surface area contributed by atoms with Gasteiger partial charge in [0.25, 0.3) is 0 Å². The predicted molar refractivity (Wildman–Crippen MR) is 108 cm³/mol. The molecule has 0 aliphatic heterocycles. The summed E-state index contributed by atoms with van der Waals surface area (Å²) in [6, 6.07) is 3.42. The summed E-state index contributed by atoms with van der Waals surface area (Å²) < 4.78 is 5.41. The quantitative estimate of drug-likeness (QED) is 0.402. The van der Waals surface area contributed by atoms with Crippen molar-refractivity contribution < 1.29 is 9.53 Å². The lowest BCUT2D eigenvalue weighted by Crippen LogP contribution is -2.10. The molecule has 1 aliphatic rings. The van der Waals surface area contributed by atoms with E-state index >= 15 is 0 Å². The van der Waals surface area contributed by atoms with Gasteiger partial charge < -0.3 is 10.5 Å². The molecule has 1 aliphatic carbocycles. The van der Waals surface area contributed by atoms with Crippen molar-refractivity contribution in [3.63, 3.8) is 0 Å². The van der Waals surface area contributed by atoms with E-state index in [1.807, 2.05) is 6.26 Å². The first kappa shape index (κ1) is 18.2. The van der Waals surface area contributed by atoms with Crippen LogP contribution in [0.4, 0.5) is 5.82 Å². The highest BCUT2D eigenvalue weighted by Crippen LogP contribution is 2.37. The van der Waals surface area contributed by atoms with Gasteiger partial charge in [-0.3, -0.25) is 0 Å². The van der Waals surface area contributed by atoms with Gasteiger partial charge in [0.15, 0.2) is 12.4 Å². The lowest BCUT2D eigenvalue weighted by Gasteiger charge is -2.08. The van der Waals surface area contributed by atoms with E-state index in [2.05, 4.69) is 15.0 Å². The number of nitrogens with zero attached hydrogens (tertiary/aromatic N) is 3. The number of fused-ring (bicyclic) bond motifs is 3. The first-order valence-corrected chi connectivity index (χ1v) is 10.9. The fourth-order valence-electron chi connectivity index (χ4n) is 3.39. The third-order valence-corrected chi connectivity index (χ3v) is 6.55. The Morgan fingerprint density at radius 1 is 1.30 bits per heavy atom. The number of pyridine rings is 1. The molecule has 2 N–H and O–H groups in total. The summed E-state index contributed by atoms with van der Waals surface area (Å²) in [5.74, 6) is 0.479. The summed E-state index contributed by atoms with van der Waals surface area (Å²) in [6.07, 6.45) is 9.29. The lowest BCUT2D eigenvalue weighted by atomic mass is 10.1. The monoisotopic (exact) mass is 400 g/mol. The van der Waals surface area contributed by atoms with E-state index in [-0.39, 0.29) is 6.61 Å². The number of hydrogen-bond acceptors (Lipinski definition) is 8. The predicted octanol–water partition coefficient (Wildman–Crippen LogP) is 4.02. The van der Waals surface area contributed by atoms with Crippen molar-refractivity contribution in [3.05, 3.63) is 40.2 Å². The second-order valence-electron chi connectivity index (χ2n) is 6.41. The van der Waals surface area contributed by atoms with Crippen LogP contribution in [0.2, 0.25) is 0 Å². The minimum Gasteiger partial charge on any atom is -0.454 e. The standard InChI is InChI=1S/C19H20N4O2S2/c1-26-17-12(7-5-9-21-17)19(24)25-10-14-22-16(20)15-11-6-3-2-4-8-13(11)27-18(15)23-14/h5,7,9H,2-4,6,8,10H2,1H3,(H2,20,22,23). The van der Waals surface area contributed by atoms with Crippen molar-refractivity contribution in [1.82, 2.24) is 15.0 Å². The zero-order chi connectivity index (χ0) is 18.8. The van der Waals surface area contributed by atoms with Crippen LogP contribution in [0.25, 0.3) is 10.2 Å². The summed E-state index contributed by atoms with van der Waals surface area (Å²) in [4.78, 5) is 27.8. The molecule has 0 aromatic carbocycles. The van der Waals surface area contributed by atoms with Gasteiger partial charge in [0.1, 0.15) is 15.7 Å². The van der Waals surface area contributed by atoms with E-state index in [9.17, 15) is 4.79 Å². The van der Waals surface area contributed by atoms with Crippen molar-refractivity contribution in [3.8, 4) is 0 Å². The molecule has 0 spiro atoms. The number of rotatable bonds is 4. The second-order valence-corrected chi connectivity index (χ2v) is 8.28.